The molecule has 0 amide bonds. The van der Waals surface area contributed by atoms with Crippen LogP contribution >= 0.6 is 0 Å². The molecule has 4 aromatic carbocycles. The molecular weight excluding hydrogens is 240 g/mol. The fourth-order valence-electron chi connectivity index (χ4n) is 2.82. The lowest BCUT2D eigenvalue weighted by atomic mass is 9.97. The molecule has 0 aliphatic heterocycles. The van der Waals surface area contributed by atoms with E-state index in [1.807, 2.05) is 6.07 Å². The number of benzene rings is 4. The minimum absolute atomic E-state index is 0.956. The zero-order valence-electron chi connectivity index (χ0n) is 10.9. The standard InChI is InChI=1S/C20H12/c1-2-14-8-5-9-17-12-18-10-15-6-3-4-7-16(15)11-19(18)13-20(14)17/h1-7,9-13H. The molecular formula is C20H12. The molecule has 0 aliphatic carbocycles. The lowest BCUT2D eigenvalue weighted by Gasteiger charge is -2.07. The summed E-state index contributed by atoms with van der Waals surface area (Å²) in [5.74, 6) is 0. The van der Waals surface area contributed by atoms with Gasteiger partial charge in [0.15, 0.2) is 0 Å². The van der Waals surface area contributed by atoms with Gasteiger partial charge in [-0.2, -0.15) is 0 Å². The predicted octanol–water partition coefficient (Wildman–Crippen LogP) is 5.39. The molecule has 4 aromatic rings. The Kier molecular flexibility index (Phi) is 2.37. The summed E-state index contributed by atoms with van der Waals surface area (Å²) in [5, 5.41) is 7.37. The maximum absolute atomic E-state index is 5.69. The number of hydrogen-bond acceptors (Lipinski definition) is 0. The molecule has 4 rings (SSSR count). The third-order valence-corrected chi connectivity index (χ3v) is 3.83. The fraction of sp³-hybridized carbons (Fsp3) is 0. The Labute approximate surface area is 118 Å². The summed E-state index contributed by atoms with van der Waals surface area (Å²) >= 11 is 0. The van der Waals surface area contributed by atoms with Crippen LogP contribution < -0.4 is 0 Å². The minimum Gasteiger partial charge on any atom is -0.0616 e. The van der Waals surface area contributed by atoms with Gasteiger partial charge < -0.3 is 0 Å². The van der Waals surface area contributed by atoms with E-state index in [2.05, 4.69) is 60.7 Å². The van der Waals surface area contributed by atoms with Crippen LogP contribution in [0, 0.1) is 12.6 Å². The van der Waals surface area contributed by atoms with E-state index in [-0.39, 0.29) is 0 Å². The summed E-state index contributed by atoms with van der Waals surface area (Å²) in [5.41, 5.74) is 0.956. The Morgan fingerprint density at radius 2 is 1.40 bits per heavy atom. The maximum Gasteiger partial charge on any atom is -0.00987 e. The SMILES string of the molecule is [CH]=Cc1[c]ccc2cc3cc4ccccc4cc3cc12. The zero-order chi connectivity index (χ0) is 13.5. The van der Waals surface area contributed by atoms with Crippen LogP contribution in [0.2, 0.25) is 0 Å². The van der Waals surface area contributed by atoms with Crippen molar-refractivity contribution in [1.82, 2.24) is 0 Å². The molecule has 0 heterocycles. The first-order chi connectivity index (χ1) is 9.85. The highest BCUT2D eigenvalue weighted by atomic mass is 14.1. The predicted molar refractivity (Wildman–Crippen MR) is 86.6 cm³/mol. The molecule has 0 heteroatoms. The van der Waals surface area contributed by atoms with E-state index in [1.54, 1.807) is 6.08 Å². The molecule has 0 aliphatic rings. The van der Waals surface area contributed by atoms with Crippen LogP contribution in [0.3, 0.4) is 0 Å². The average molecular weight is 252 g/mol. The number of rotatable bonds is 1. The Balaban J connectivity index is 2.18. The van der Waals surface area contributed by atoms with E-state index in [0.29, 0.717) is 0 Å². The quantitative estimate of drug-likeness (QED) is 0.398. The first kappa shape index (κ1) is 11.2. The van der Waals surface area contributed by atoms with Gasteiger partial charge in [-0.25, -0.2) is 0 Å². The van der Waals surface area contributed by atoms with Crippen LogP contribution in [0.4, 0.5) is 0 Å². The third kappa shape index (κ3) is 1.62. The molecule has 0 saturated heterocycles. The van der Waals surface area contributed by atoms with Crippen LogP contribution in [-0.2, 0) is 0 Å². The maximum atomic E-state index is 5.69. The van der Waals surface area contributed by atoms with Crippen molar-refractivity contribution in [2.45, 2.75) is 0 Å². The van der Waals surface area contributed by atoms with Gasteiger partial charge in [-0.05, 0) is 68.2 Å². The van der Waals surface area contributed by atoms with E-state index in [9.17, 15) is 0 Å². The molecule has 92 valence electrons. The van der Waals surface area contributed by atoms with E-state index in [4.69, 9.17) is 6.58 Å². The molecule has 0 unspecified atom stereocenters. The highest BCUT2D eigenvalue weighted by Crippen LogP contribution is 2.29. The highest BCUT2D eigenvalue weighted by molar-refractivity contribution is 6.06. The van der Waals surface area contributed by atoms with Crippen molar-refractivity contribution >= 4 is 38.4 Å². The normalized spacial score (nSPS) is 11.2. The monoisotopic (exact) mass is 252 g/mol. The molecule has 0 aromatic heterocycles. The van der Waals surface area contributed by atoms with Gasteiger partial charge in [0.05, 0.1) is 0 Å². The molecule has 0 saturated carbocycles. The van der Waals surface area contributed by atoms with Gasteiger partial charge in [0.1, 0.15) is 0 Å². The summed E-state index contributed by atoms with van der Waals surface area (Å²) in [4.78, 5) is 0. The Hall–Kier alpha value is -2.60. The summed E-state index contributed by atoms with van der Waals surface area (Å²) in [7, 11) is 0. The Bertz CT molecular complexity index is 961. The van der Waals surface area contributed by atoms with E-state index in [1.165, 1.54) is 26.9 Å². The lowest BCUT2D eigenvalue weighted by molar-refractivity contribution is 1.72. The van der Waals surface area contributed by atoms with Crippen molar-refractivity contribution in [3.8, 4) is 0 Å². The van der Waals surface area contributed by atoms with E-state index >= 15 is 0 Å². The topological polar surface area (TPSA) is 0 Å². The van der Waals surface area contributed by atoms with Crippen LogP contribution in [0.1, 0.15) is 5.56 Å². The summed E-state index contributed by atoms with van der Waals surface area (Å²) < 4.78 is 0. The summed E-state index contributed by atoms with van der Waals surface area (Å²) in [6.45, 7) is 5.69. The molecule has 0 nitrogen and oxygen atoms in total. The van der Waals surface area contributed by atoms with Crippen LogP contribution in [0.15, 0.2) is 60.7 Å². The van der Waals surface area contributed by atoms with Crippen molar-refractivity contribution in [3.63, 3.8) is 0 Å². The van der Waals surface area contributed by atoms with Gasteiger partial charge in [-0.15, -0.1) is 0 Å². The number of hydrogen-bond donors (Lipinski definition) is 0. The molecule has 0 spiro atoms. The number of fused-ring (bicyclic) bond motifs is 3. The van der Waals surface area contributed by atoms with Crippen molar-refractivity contribution in [2.75, 3.05) is 0 Å². The molecule has 0 bridgehead atoms. The highest BCUT2D eigenvalue weighted by Gasteiger charge is 2.03. The van der Waals surface area contributed by atoms with E-state index < -0.39 is 0 Å². The lowest BCUT2D eigenvalue weighted by Crippen LogP contribution is -1.81. The average Bonchev–Trinajstić information content (AvgIpc) is 2.50. The molecule has 0 fully saturated rings. The zero-order valence-corrected chi connectivity index (χ0v) is 10.9. The van der Waals surface area contributed by atoms with Crippen molar-refractivity contribution < 1.29 is 0 Å². The second-order valence-electron chi connectivity index (χ2n) is 5.04. The minimum atomic E-state index is 0.956. The van der Waals surface area contributed by atoms with Gasteiger partial charge in [-0.1, -0.05) is 49.1 Å². The van der Waals surface area contributed by atoms with Crippen LogP contribution in [0.5, 0.6) is 0 Å². The van der Waals surface area contributed by atoms with Gasteiger partial charge >= 0.3 is 0 Å². The second-order valence-corrected chi connectivity index (χ2v) is 5.04. The third-order valence-electron chi connectivity index (χ3n) is 3.83. The first-order valence-corrected chi connectivity index (χ1v) is 6.67. The Morgan fingerprint density at radius 1 is 0.750 bits per heavy atom. The molecule has 0 N–H and O–H groups in total. The molecule has 0 atom stereocenters. The van der Waals surface area contributed by atoms with Gasteiger partial charge in [0.25, 0.3) is 0 Å². The smallest absolute Gasteiger partial charge is 0.00987 e. The van der Waals surface area contributed by atoms with Crippen molar-refractivity contribution in [3.05, 3.63) is 78.9 Å². The van der Waals surface area contributed by atoms with Crippen LogP contribution in [0.25, 0.3) is 38.4 Å². The summed E-state index contributed by atoms with van der Waals surface area (Å²) in [6.07, 6.45) is 1.62. The fourth-order valence-corrected chi connectivity index (χ4v) is 2.82. The van der Waals surface area contributed by atoms with E-state index in [0.717, 1.165) is 10.9 Å². The second kappa shape index (κ2) is 4.21. The van der Waals surface area contributed by atoms with Crippen LogP contribution in [-0.4, -0.2) is 0 Å². The molecule has 20 heavy (non-hydrogen) atoms. The first-order valence-electron chi connectivity index (χ1n) is 6.67. The van der Waals surface area contributed by atoms with Gasteiger partial charge in [-0.3, -0.25) is 0 Å². The Morgan fingerprint density at radius 3 is 2.10 bits per heavy atom. The van der Waals surface area contributed by atoms with Crippen molar-refractivity contribution in [1.29, 1.82) is 0 Å². The largest absolute Gasteiger partial charge is 0.0616 e. The summed E-state index contributed by atoms with van der Waals surface area (Å²) in [6, 6.07) is 24.5. The van der Waals surface area contributed by atoms with Gasteiger partial charge in [0.2, 0.25) is 0 Å². The molecule has 2 radical (unpaired) electrons. The van der Waals surface area contributed by atoms with Crippen molar-refractivity contribution in [2.24, 2.45) is 0 Å². The van der Waals surface area contributed by atoms with Gasteiger partial charge in [0, 0.05) is 0 Å².